The summed E-state index contributed by atoms with van der Waals surface area (Å²) in [6.45, 7) is 7.03. The van der Waals surface area contributed by atoms with Gasteiger partial charge in [-0.05, 0) is 37.8 Å². The van der Waals surface area contributed by atoms with Gasteiger partial charge >= 0.3 is 0 Å². The van der Waals surface area contributed by atoms with Crippen molar-refractivity contribution in [1.82, 2.24) is 4.90 Å². The smallest absolute Gasteiger partial charge is 0.0540 e. The van der Waals surface area contributed by atoms with Crippen LogP contribution in [-0.4, -0.2) is 29.2 Å². The molecule has 1 aliphatic rings. The first-order valence-corrected chi connectivity index (χ1v) is 8.48. The summed E-state index contributed by atoms with van der Waals surface area (Å²) in [6.07, 6.45) is 4.58. The van der Waals surface area contributed by atoms with Gasteiger partial charge in [-0.2, -0.15) is 0 Å². The highest BCUT2D eigenvalue weighted by molar-refractivity contribution is 7.10. The van der Waals surface area contributed by atoms with Crippen molar-refractivity contribution >= 4 is 11.3 Å². The molecule has 0 bridgehead atoms. The monoisotopic (exact) mass is 291 g/mol. The number of aliphatic hydroxyl groups is 1. The van der Waals surface area contributed by atoms with Crippen molar-refractivity contribution in [2.45, 2.75) is 52.1 Å². The fraction of sp³-hybridized carbons (Fsp3) is 0.647. The lowest BCUT2D eigenvalue weighted by molar-refractivity contribution is 0.241. The fourth-order valence-corrected chi connectivity index (χ4v) is 3.04. The van der Waals surface area contributed by atoms with E-state index in [0.29, 0.717) is 6.42 Å². The maximum absolute atomic E-state index is 8.73. The second-order valence-electron chi connectivity index (χ2n) is 5.96. The Morgan fingerprint density at radius 1 is 1.45 bits per heavy atom. The first-order valence-electron chi connectivity index (χ1n) is 7.60. The minimum Gasteiger partial charge on any atom is -0.395 e. The molecule has 1 heterocycles. The van der Waals surface area contributed by atoms with Crippen LogP contribution in [0.15, 0.2) is 11.4 Å². The number of thiophene rings is 1. The Bertz CT molecular complexity index is 465. The van der Waals surface area contributed by atoms with Gasteiger partial charge in [-0.3, -0.25) is 4.90 Å². The van der Waals surface area contributed by atoms with Crippen molar-refractivity contribution in [3.63, 3.8) is 0 Å². The van der Waals surface area contributed by atoms with Crippen LogP contribution in [0.5, 0.6) is 0 Å². The van der Waals surface area contributed by atoms with Gasteiger partial charge in [0.1, 0.15) is 0 Å². The third-order valence-corrected chi connectivity index (χ3v) is 4.46. The average molecular weight is 291 g/mol. The molecule has 1 aromatic rings. The molecule has 0 spiro atoms. The zero-order valence-corrected chi connectivity index (χ0v) is 13.4. The zero-order chi connectivity index (χ0) is 14.4. The van der Waals surface area contributed by atoms with E-state index in [4.69, 9.17) is 5.11 Å². The van der Waals surface area contributed by atoms with Crippen LogP contribution in [0, 0.1) is 17.8 Å². The van der Waals surface area contributed by atoms with Crippen LogP contribution >= 0.6 is 11.3 Å². The van der Waals surface area contributed by atoms with Gasteiger partial charge in [-0.1, -0.05) is 25.7 Å². The number of aliphatic hydroxyl groups excluding tert-OH is 1. The largest absolute Gasteiger partial charge is 0.395 e. The van der Waals surface area contributed by atoms with Crippen molar-refractivity contribution < 1.29 is 5.11 Å². The minimum atomic E-state index is 0.147. The zero-order valence-electron chi connectivity index (χ0n) is 12.6. The first kappa shape index (κ1) is 15.6. The minimum absolute atomic E-state index is 0.147. The Morgan fingerprint density at radius 2 is 2.25 bits per heavy atom. The first-order chi connectivity index (χ1) is 9.69. The van der Waals surface area contributed by atoms with E-state index in [1.807, 2.05) is 11.3 Å². The highest BCUT2D eigenvalue weighted by atomic mass is 32.1. The molecular weight excluding hydrogens is 266 g/mol. The lowest BCUT2D eigenvalue weighted by atomic mass is 10.1. The normalized spacial score (nSPS) is 14.7. The molecule has 2 rings (SSSR count). The van der Waals surface area contributed by atoms with Gasteiger partial charge in [-0.15, -0.1) is 11.3 Å². The molecule has 3 heteroatoms. The van der Waals surface area contributed by atoms with Gasteiger partial charge in [0.15, 0.2) is 0 Å². The van der Waals surface area contributed by atoms with E-state index >= 15 is 0 Å². The highest BCUT2D eigenvalue weighted by Crippen LogP contribution is 2.30. The molecule has 20 heavy (non-hydrogen) atoms. The molecule has 1 saturated carbocycles. The van der Waals surface area contributed by atoms with Crippen molar-refractivity contribution in [1.29, 1.82) is 0 Å². The molecule has 2 nitrogen and oxygen atoms in total. The van der Waals surface area contributed by atoms with Crippen LogP contribution < -0.4 is 0 Å². The lowest BCUT2D eigenvalue weighted by Crippen LogP contribution is -2.27. The molecule has 0 aliphatic heterocycles. The number of hydrogen-bond acceptors (Lipinski definition) is 3. The molecule has 0 unspecified atom stereocenters. The van der Waals surface area contributed by atoms with Gasteiger partial charge in [0.25, 0.3) is 0 Å². The van der Waals surface area contributed by atoms with E-state index in [1.54, 1.807) is 0 Å². The summed E-state index contributed by atoms with van der Waals surface area (Å²) < 4.78 is 0. The van der Waals surface area contributed by atoms with E-state index < -0.39 is 0 Å². The molecule has 1 N–H and O–H groups in total. The average Bonchev–Trinajstić information content (AvgIpc) is 3.16. The summed E-state index contributed by atoms with van der Waals surface area (Å²) in [5.41, 5.74) is 1.10. The van der Waals surface area contributed by atoms with Gasteiger partial charge < -0.3 is 5.11 Å². The second kappa shape index (κ2) is 7.83. The predicted molar refractivity (Wildman–Crippen MR) is 85.8 cm³/mol. The molecule has 0 radical (unpaired) electrons. The third-order valence-electron chi connectivity index (χ3n) is 3.54. The summed E-state index contributed by atoms with van der Waals surface area (Å²) in [5, 5.41) is 10.9. The van der Waals surface area contributed by atoms with Crippen LogP contribution in [0.1, 0.15) is 50.0 Å². The Kier molecular flexibility index (Phi) is 6.09. The molecule has 0 saturated heterocycles. The second-order valence-corrected chi connectivity index (χ2v) is 6.96. The summed E-state index contributed by atoms with van der Waals surface area (Å²) >= 11 is 1.81. The Morgan fingerprint density at radius 3 is 2.90 bits per heavy atom. The standard InChI is InChI=1S/C17H25NOS/c1-14(2)8-9-18(16-6-7-16)12-17-11-15(13-20-17)5-3-4-10-19/h11,13-14,16,19H,4,6-10,12H2,1-2H3. The van der Waals surface area contributed by atoms with E-state index in [0.717, 1.165) is 24.1 Å². The highest BCUT2D eigenvalue weighted by Gasteiger charge is 2.28. The van der Waals surface area contributed by atoms with E-state index in [9.17, 15) is 0 Å². The molecule has 0 aromatic carbocycles. The lowest BCUT2D eigenvalue weighted by Gasteiger charge is -2.22. The Balaban J connectivity index is 1.88. The Labute approximate surface area is 126 Å². The fourth-order valence-electron chi connectivity index (χ4n) is 2.20. The molecular formula is C17H25NOS. The molecule has 1 fully saturated rings. The summed E-state index contributed by atoms with van der Waals surface area (Å²) in [6, 6.07) is 3.03. The van der Waals surface area contributed by atoms with Crippen LogP contribution in [0.25, 0.3) is 0 Å². The van der Waals surface area contributed by atoms with Gasteiger partial charge in [-0.25, -0.2) is 0 Å². The van der Waals surface area contributed by atoms with Crippen LogP contribution in [0.2, 0.25) is 0 Å². The third kappa shape index (κ3) is 5.28. The van der Waals surface area contributed by atoms with E-state index in [1.165, 1.54) is 30.7 Å². The van der Waals surface area contributed by atoms with Crippen LogP contribution in [-0.2, 0) is 6.54 Å². The maximum atomic E-state index is 8.73. The molecule has 0 atom stereocenters. The van der Waals surface area contributed by atoms with Crippen LogP contribution in [0.3, 0.4) is 0 Å². The summed E-state index contributed by atoms with van der Waals surface area (Å²) in [4.78, 5) is 4.05. The van der Waals surface area contributed by atoms with Gasteiger partial charge in [0.2, 0.25) is 0 Å². The van der Waals surface area contributed by atoms with Crippen molar-refractivity contribution in [2.75, 3.05) is 13.2 Å². The van der Waals surface area contributed by atoms with E-state index in [-0.39, 0.29) is 6.61 Å². The van der Waals surface area contributed by atoms with Crippen molar-refractivity contribution in [2.24, 2.45) is 5.92 Å². The molecule has 0 amide bonds. The van der Waals surface area contributed by atoms with Gasteiger partial charge in [0.05, 0.1) is 6.61 Å². The van der Waals surface area contributed by atoms with E-state index in [2.05, 4.69) is 42.0 Å². The summed E-state index contributed by atoms with van der Waals surface area (Å²) in [7, 11) is 0. The van der Waals surface area contributed by atoms with Crippen molar-refractivity contribution in [3.05, 3.63) is 21.9 Å². The predicted octanol–water partition coefficient (Wildman–Crippen LogP) is 3.49. The molecule has 110 valence electrons. The Hall–Kier alpha value is -0.820. The van der Waals surface area contributed by atoms with Crippen molar-refractivity contribution in [3.8, 4) is 11.8 Å². The number of rotatable bonds is 7. The van der Waals surface area contributed by atoms with Crippen LogP contribution in [0.4, 0.5) is 0 Å². The number of hydrogen-bond donors (Lipinski definition) is 1. The number of nitrogens with zero attached hydrogens (tertiary/aromatic N) is 1. The SMILES string of the molecule is CC(C)CCN(Cc1cc(C#CCCO)cs1)C1CC1. The molecule has 1 aromatic heterocycles. The molecule has 1 aliphatic carbocycles. The quantitative estimate of drug-likeness (QED) is 0.777. The van der Waals surface area contributed by atoms with Gasteiger partial charge in [0, 0.05) is 34.8 Å². The summed E-state index contributed by atoms with van der Waals surface area (Å²) in [5.74, 6) is 6.88. The maximum Gasteiger partial charge on any atom is 0.0540 e. The topological polar surface area (TPSA) is 23.5 Å².